The minimum Gasteiger partial charge on any atom is -0.310 e. The maximum Gasteiger partial charge on any atom is 0.252 e. The Kier molecular flexibility index (Phi) is 5.64. The van der Waals surface area contributed by atoms with E-state index in [9.17, 15) is 0 Å². The highest BCUT2D eigenvalue weighted by Gasteiger charge is 2.52. The first-order valence-corrected chi connectivity index (χ1v) is 18.2. The number of hydrogen-bond acceptors (Lipinski definition) is 2. The third-order valence-electron chi connectivity index (χ3n) is 12.4. The van der Waals surface area contributed by atoms with Crippen LogP contribution in [0.25, 0.3) is 22.3 Å². The molecule has 0 unspecified atom stereocenters. The second-order valence-electron chi connectivity index (χ2n) is 15.7. The summed E-state index contributed by atoms with van der Waals surface area (Å²) in [4.78, 5) is 5.29. The van der Waals surface area contributed by atoms with Crippen molar-refractivity contribution in [3.05, 3.63) is 174 Å². The van der Waals surface area contributed by atoms with Crippen LogP contribution in [0.15, 0.2) is 152 Å². The van der Waals surface area contributed by atoms with E-state index in [0.29, 0.717) is 0 Å². The van der Waals surface area contributed by atoms with Crippen molar-refractivity contribution in [2.45, 2.75) is 38.5 Å². The van der Waals surface area contributed by atoms with Gasteiger partial charge in [-0.2, -0.15) is 0 Å². The molecule has 0 fully saturated rings. The summed E-state index contributed by atoms with van der Waals surface area (Å²) in [6.45, 7) is 9.68. The van der Waals surface area contributed by atoms with Crippen LogP contribution in [-0.2, 0) is 10.8 Å². The Labute approximate surface area is 300 Å². The van der Waals surface area contributed by atoms with E-state index in [4.69, 9.17) is 0 Å². The normalized spacial score (nSPS) is 16.0. The third-order valence-corrected chi connectivity index (χ3v) is 12.4. The standard InChI is InChI=1S/C48H37BN2/c1-47(2)34-21-11-13-27-40(34)50-43-32(30-17-7-5-8-18-30)29-33(31-19-9-6-10-20-31)44-42(43)49(38-25-15-23-36(47)45(38)50)39-26-16-24-37-46(39)51(44)41-28-14-12-22-35(41)48(37,3)4/h5-29H,1-4H3. The van der Waals surface area contributed by atoms with Gasteiger partial charge in [-0.1, -0.05) is 161 Å². The molecule has 7 aromatic rings. The lowest BCUT2D eigenvalue weighted by Gasteiger charge is -2.52. The van der Waals surface area contributed by atoms with E-state index in [1.165, 1.54) is 95.0 Å². The van der Waals surface area contributed by atoms with Gasteiger partial charge in [0.25, 0.3) is 6.71 Å². The first-order valence-electron chi connectivity index (χ1n) is 18.2. The minimum atomic E-state index is -0.159. The van der Waals surface area contributed by atoms with Gasteiger partial charge in [-0.05, 0) is 68.0 Å². The largest absolute Gasteiger partial charge is 0.310 e. The summed E-state index contributed by atoms with van der Waals surface area (Å²) in [6.07, 6.45) is 0. The summed E-state index contributed by atoms with van der Waals surface area (Å²) >= 11 is 0. The molecule has 0 saturated carbocycles. The van der Waals surface area contributed by atoms with Crippen molar-refractivity contribution in [1.82, 2.24) is 0 Å². The Balaban J connectivity index is 1.39. The quantitative estimate of drug-likeness (QED) is 0.172. The molecule has 3 heteroatoms. The Morgan fingerprint density at radius 2 is 0.784 bits per heavy atom. The number of hydrogen-bond donors (Lipinski definition) is 0. The molecule has 4 heterocycles. The topological polar surface area (TPSA) is 6.48 Å². The smallest absolute Gasteiger partial charge is 0.252 e. The molecule has 0 N–H and O–H groups in total. The summed E-state index contributed by atoms with van der Waals surface area (Å²) in [5.41, 5.74) is 22.1. The summed E-state index contributed by atoms with van der Waals surface area (Å²) in [5.74, 6) is 0. The van der Waals surface area contributed by atoms with E-state index in [-0.39, 0.29) is 17.5 Å². The summed E-state index contributed by atoms with van der Waals surface area (Å²) in [5, 5.41) is 0. The van der Waals surface area contributed by atoms with Crippen LogP contribution >= 0.6 is 0 Å². The van der Waals surface area contributed by atoms with Crippen LogP contribution in [0.1, 0.15) is 49.9 Å². The zero-order valence-electron chi connectivity index (χ0n) is 29.4. The van der Waals surface area contributed by atoms with Crippen LogP contribution < -0.4 is 26.2 Å². The molecule has 0 spiro atoms. The molecular formula is C48H37BN2. The molecule has 11 rings (SSSR count). The number of nitrogens with zero attached hydrogens (tertiary/aromatic N) is 2. The molecule has 0 amide bonds. The number of benzene rings is 7. The van der Waals surface area contributed by atoms with Gasteiger partial charge in [0, 0.05) is 33.3 Å². The zero-order valence-corrected chi connectivity index (χ0v) is 29.4. The Morgan fingerprint density at radius 3 is 1.24 bits per heavy atom. The molecule has 2 nitrogen and oxygen atoms in total. The Bertz CT molecular complexity index is 2430. The van der Waals surface area contributed by atoms with Crippen molar-refractivity contribution in [1.29, 1.82) is 0 Å². The van der Waals surface area contributed by atoms with E-state index in [1.54, 1.807) is 0 Å². The summed E-state index contributed by atoms with van der Waals surface area (Å²) in [6, 6.07) is 57.1. The second kappa shape index (κ2) is 9.92. The van der Waals surface area contributed by atoms with E-state index in [2.05, 4.69) is 189 Å². The Hall–Kier alpha value is -5.80. The van der Waals surface area contributed by atoms with Crippen LogP contribution in [0.2, 0.25) is 0 Å². The van der Waals surface area contributed by atoms with Crippen LogP contribution in [-0.4, -0.2) is 6.71 Å². The van der Waals surface area contributed by atoms with E-state index in [0.717, 1.165) is 0 Å². The van der Waals surface area contributed by atoms with Gasteiger partial charge in [0.05, 0.1) is 22.7 Å². The zero-order chi connectivity index (χ0) is 34.2. The fourth-order valence-corrected chi connectivity index (χ4v) is 10.1. The number of rotatable bonds is 2. The monoisotopic (exact) mass is 652 g/mol. The van der Waals surface area contributed by atoms with Gasteiger partial charge in [-0.3, -0.25) is 0 Å². The van der Waals surface area contributed by atoms with Crippen LogP contribution in [0.4, 0.5) is 34.1 Å². The van der Waals surface area contributed by atoms with Gasteiger partial charge >= 0.3 is 0 Å². The summed E-state index contributed by atoms with van der Waals surface area (Å²) in [7, 11) is 0. The molecule has 0 atom stereocenters. The highest BCUT2D eigenvalue weighted by molar-refractivity contribution is 7.00. The third kappa shape index (κ3) is 3.58. The maximum absolute atomic E-state index is 2.65. The maximum atomic E-state index is 2.65. The van der Waals surface area contributed by atoms with Gasteiger partial charge in [-0.25, -0.2) is 0 Å². The number of fused-ring (bicyclic) bond motifs is 8. The van der Waals surface area contributed by atoms with Crippen molar-refractivity contribution >= 4 is 57.2 Å². The molecular weight excluding hydrogens is 615 g/mol. The molecule has 0 aromatic heterocycles. The first-order chi connectivity index (χ1) is 24.9. The average Bonchev–Trinajstić information content (AvgIpc) is 3.17. The van der Waals surface area contributed by atoms with Crippen molar-refractivity contribution in [3.8, 4) is 22.3 Å². The van der Waals surface area contributed by atoms with Crippen molar-refractivity contribution in [2.75, 3.05) is 9.80 Å². The van der Waals surface area contributed by atoms with Gasteiger partial charge < -0.3 is 9.80 Å². The molecule has 0 aliphatic carbocycles. The van der Waals surface area contributed by atoms with E-state index in [1.807, 2.05) is 0 Å². The highest BCUT2D eigenvalue weighted by Crippen LogP contribution is 2.59. The molecule has 7 aromatic carbocycles. The minimum absolute atomic E-state index is 0.0562. The second-order valence-corrected chi connectivity index (χ2v) is 15.7. The predicted molar refractivity (Wildman–Crippen MR) is 216 cm³/mol. The number of para-hydroxylation sites is 4. The molecule has 0 bridgehead atoms. The molecule has 0 saturated heterocycles. The lowest BCUT2D eigenvalue weighted by atomic mass is 9.32. The SMILES string of the molecule is CC1(C)c2ccccc2N2c3c(cccc31)B1c3cccc4c3N(c3ccccc3C4(C)C)c3c(-c4ccccc4)cc(-c4ccccc4)c2c31. The lowest BCUT2D eigenvalue weighted by molar-refractivity contribution is 0.632. The molecule has 0 radical (unpaired) electrons. The van der Waals surface area contributed by atoms with Crippen LogP contribution in [0.5, 0.6) is 0 Å². The van der Waals surface area contributed by atoms with E-state index >= 15 is 0 Å². The molecule has 4 aliphatic heterocycles. The fraction of sp³-hybridized carbons (Fsp3) is 0.125. The molecule has 242 valence electrons. The van der Waals surface area contributed by atoms with E-state index < -0.39 is 0 Å². The summed E-state index contributed by atoms with van der Waals surface area (Å²) < 4.78 is 0. The van der Waals surface area contributed by atoms with Crippen LogP contribution in [0.3, 0.4) is 0 Å². The van der Waals surface area contributed by atoms with Crippen molar-refractivity contribution < 1.29 is 0 Å². The highest BCUT2D eigenvalue weighted by atomic mass is 15.2. The van der Waals surface area contributed by atoms with Crippen molar-refractivity contribution in [2.24, 2.45) is 0 Å². The average molecular weight is 653 g/mol. The lowest BCUT2D eigenvalue weighted by Crippen LogP contribution is -2.63. The van der Waals surface area contributed by atoms with Gasteiger partial charge in [-0.15, -0.1) is 0 Å². The van der Waals surface area contributed by atoms with Gasteiger partial charge in [0.1, 0.15) is 0 Å². The van der Waals surface area contributed by atoms with Gasteiger partial charge in [0.2, 0.25) is 0 Å². The fourth-order valence-electron chi connectivity index (χ4n) is 10.1. The Morgan fingerprint density at radius 1 is 0.392 bits per heavy atom. The van der Waals surface area contributed by atoms with Crippen molar-refractivity contribution in [3.63, 3.8) is 0 Å². The molecule has 51 heavy (non-hydrogen) atoms. The molecule has 4 aliphatic rings. The first kappa shape index (κ1) is 29.0. The predicted octanol–water partition coefficient (Wildman–Crippen LogP) is 10.4. The number of anilines is 6. The van der Waals surface area contributed by atoms with Crippen LogP contribution in [0, 0.1) is 0 Å². The van der Waals surface area contributed by atoms with Gasteiger partial charge in [0.15, 0.2) is 0 Å².